The molecule has 2 aliphatic carbocycles. The Morgan fingerprint density at radius 3 is 2.78 bits per heavy atom. The fourth-order valence-corrected chi connectivity index (χ4v) is 3.89. The van der Waals surface area contributed by atoms with Gasteiger partial charge in [-0.2, -0.15) is 0 Å². The quantitative estimate of drug-likeness (QED) is 0.748. The van der Waals surface area contributed by atoms with E-state index in [1.165, 1.54) is 0 Å². The lowest BCUT2D eigenvalue weighted by molar-refractivity contribution is -0.125. The van der Waals surface area contributed by atoms with Gasteiger partial charge in [0, 0.05) is 10.5 Å². The van der Waals surface area contributed by atoms with Crippen molar-refractivity contribution in [3.63, 3.8) is 0 Å². The first-order valence-electron chi connectivity index (χ1n) is 9.11. The number of rotatable bonds is 5. The van der Waals surface area contributed by atoms with Crippen molar-refractivity contribution in [2.75, 3.05) is 0 Å². The smallest absolute Gasteiger partial charge is 0.275 e. The minimum Gasteiger partial charge on any atom is -0.473 e. The Kier molecular flexibility index (Phi) is 4.50. The number of halogens is 1. The fourth-order valence-electron chi connectivity index (χ4n) is 3.53. The van der Waals surface area contributed by atoms with Crippen LogP contribution in [-0.2, 0) is 11.3 Å². The zero-order valence-electron chi connectivity index (χ0n) is 15.2. The third-order valence-electron chi connectivity index (χ3n) is 5.22. The number of hydrogen-bond acceptors (Lipinski definition) is 5. The van der Waals surface area contributed by atoms with Crippen LogP contribution in [0.5, 0.6) is 5.88 Å². The summed E-state index contributed by atoms with van der Waals surface area (Å²) >= 11 is 3.42. The molecular formula is C19H22BrN3O4. The number of hydrogen-bond donors (Lipinski definition) is 2. The lowest BCUT2D eigenvalue weighted by Gasteiger charge is -2.41. The predicted molar refractivity (Wildman–Crippen MR) is 104 cm³/mol. The minimum atomic E-state index is -0.717. The number of carbonyl (C=O) groups excluding carboxylic acids is 1. The summed E-state index contributed by atoms with van der Waals surface area (Å²) in [7, 11) is 0. The van der Waals surface area contributed by atoms with Crippen LogP contribution in [0.1, 0.15) is 33.1 Å². The Morgan fingerprint density at radius 2 is 2.15 bits per heavy atom. The second kappa shape index (κ2) is 6.60. The summed E-state index contributed by atoms with van der Waals surface area (Å²) in [6.45, 7) is 3.66. The second-order valence-electron chi connectivity index (χ2n) is 8.00. The molecule has 0 unspecified atom stereocenters. The van der Waals surface area contributed by atoms with Gasteiger partial charge in [-0.3, -0.25) is 9.59 Å². The van der Waals surface area contributed by atoms with E-state index in [2.05, 4.69) is 33.3 Å². The molecule has 144 valence electrons. The molecule has 27 heavy (non-hydrogen) atoms. The Bertz CT molecular complexity index is 963. The number of amides is 1. The van der Waals surface area contributed by atoms with E-state index >= 15 is 0 Å². The molecule has 1 aromatic carbocycles. The summed E-state index contributed by atoms with van der Waals surface area (Å²) in [5.41, 5.74) is -1.05. The summed E-state index contributed by atoms with van der Waals surface area (Å²) < 4.78 is 7.96. The van der Waals surface area contributed by atoms with Gasteiger partial charge in [0.15, 0.2) is 0 Å². The molecule has 2 N–H and O–H groups in total. The van der Waals surface area contributed by atoms with Crippen LogP contribution in [0.15, 0.2) is 27.5 Å². The third kappa shape index (κ3) is 3.87. The van der Waals surface area contributed by atoms with Crippen LogP contribution in [0.25, 0.3) is 10.8 Å². The van der Waals surface area contributed by atoms with Crippen molar-refractivity contribution in [3.05, 3.63) is 33.0 Å². The van der Waals surface area contributed by atoms with Crippen molar-refractivity contribution in [1.82, 2.24) is 15.1 Å². The molecule has 0 saturated heterocycles. The molecule has 4 rings (SSSR count). The van der Waals surface area contributed by atoms with Crippen LogP contribution < -0.4 is 15.6 Å². The SMILES string of the molecule is C[C@H]1C[C@@H]1Oc1nn(CC(=O)N[C@H]2C[C@](C)(O)C2)c(=O)c2ccc(Br)cc12. The molecule has 7 nitrogen and oxygen atoms in total. The maximum atomic E-state index is 12.8. The number of ether oxygens (including phenoxy) is 1. The topological polar surface area (TPSA) is 93.5 Å². The van der Waals surface area contributed by atoms with Crippen LogP contribution in [0, 0.1) is 5.92 Å². The first-order chi connectivity index (χ1) is 12.7. The van der Waals surface area contributed by atoms with E-state index in [0.717, 1.165) is 15.6 Å². The summed E-state index contributed by atoms with van der Waals surface area (Å²) in [5, 5.41) is 18.1. The highest BCUT2D eigenvalue weighted by molar-refractivity contribution is 9.10. The molecule has 2 aliphatic rings. The van der Waals surface area contributed by atoms with Gasteiger partial charge < -0.3 is 15.2 Å². The second-order valence-corrected chi connectivity index (χ2v) is 8.91. The van der Waals surface area contributed by atoms with E-state index in [1.54, 1.807) is 19.1 Å². The molecule has 2 saturated carbocycles. The number of aromatic nitrogens is 2. The average molecular weight is 436 g/mol. The van der Waals surface area contributed by atoms with Gasteiger partial charge in [-0.1, -0.05) is 22.9 Å². The summed E-state index contributed by atoms with van der Waals surface area (Å²) in [5.74, 6) is 0.538. The van der Waals surface area contributed by atoms with Gasteiger partial charge in [-0.05, 0) is 50.3 Å². The fraction of sp³-hybridized carbons (Fsp3) is 0.526. The molecule has 8 heteroatoms. The van der Waals surface area contributed by atoms with Crippen LogP contribution in [-0.4, -0.2) is 38.5 Å². The summed E-state index contributed by atoms with van der Waals surface area (Å²) in [6, 6.07) is 5.24. The monoisotopic (exact) mass is 435 g/mol. The van der Waals surface area contributed by atoms with E-state index in [-0.39, 0.29) is 30.2 Å². The van der Waals surface area contributed by atoms with Gasteiger partial charge in [0.25, 0.3) is 5.56 Å². The van der Waals surface area contributed by atoms with Crippen molar-refractivity contribution >= 4 is 32.6 Å². The third-order valence-corrected chi connectivity index (χ3v) is 5.71. The average Bonchev–Trinajstić information content (AvgIpc) is 3.25. The molecule has 2 fully saturated rings. The van der Waals surface area contributed by atoms with Crippen molar-refractivity contribution in [2.24, 2.45) is 5.92 Å². The Morgan fingerprint density at radius 1 is 1.44 bits per heavy atom. The predicted octanol–water partition coefficient (Wildman–Crippen LogP) is 1.98. The molecule has 0 radical (unpaired) electrons. The van der Waals surface area contributed by atoms with Crippen LogP contribution in [0.4, 0.5) is 0 Å². The van der Waals surface area contributed by atoms with Gasteiger partial charge in [-0.15, -0.1) is 5.10 Å². The lowest BCUT2D eigenvalue weighted by atomic mass is 9.77. The van der Waals surface area contributed by atoms with E-state index < -0.39 is 5.60 Å². The summed E-state index contributed by atoms with van der Waals surface area (Å²) in [6.07, 6.45) is 2.08. The Hall–Kier alpha value is -1.93. The highest BCUT2D eigenvalue weighted by Crippen LogP contribution is 2.35. The van der Waals surface area contributed by atoms with Crippen molar-refractivity contribution in [1.29, 1.82) is 0 Å². The zero-order chi connectivity index (χ0) is 19.3. The van der Waals surface area contributed by atoms with Gasteiger partial charge in [0.2, 0.25) is 11.8 Å². The maximum absolute atomic E-state index is 12.8. The molecule has 0 bridgehead atoms. The zero-order valence-corrected chi connectivity index (χ0v) is 16.8. The summed E-state index contributed by atoms with van der Waals surface area (Å²) in [4.78, 5) is 25.1. The Labute approximate surface area is 164 Å². The molecule has 1 heterocycles. The first-order valence-corrected chi connectivity index (χ1v) is 9.90. The highest BCUT2D eigenvalue weighted by atomic mass is 79.9. The first kappa shape index (κ1) is 18.4. The molecule has 1 amide bonds. The molecular weight excluding hydrogens is 414 g/mol. The number of fused-ring (bicyclic) bond motifs is 1. The van der Waals surface area contributed by atoms with E-state index in [4.69, 9.17) is 4.74 Å². The molecule has 0 aliphatic heterocycles. The molecule has 0 spiro atoms. The molecule has 2 atom stereocenters. The van der Waals surface area contributed by atoms with Crippen LogP contribution in [0.2, 0.25) is 0 Å². The minimum absolute atomic E-state index is 0.0670. The van der Waals surface area contributed by atoms with E-state index in [0.29, 0.717) is 35.4 Å². The molecule has 1 aromatic heterocycles. The van der Waals surface area contributed by atoms with Crippen LogP contribution >= 0.6 is 15.9 Å². The standard InChI is InChI=1S/C19H22BrN3O4/c1-10-5-15(10)27-17-14-6-11(20)3-4-13(14)18(25)23(22-17)9-16(24)21-12-7-19(2,26)8-12/h3-4,6,10,12,15,26H,5,7-9H2,1-2H3,(H,21,24)/t10-,12-,15-,19-/m0/s1. The van der Waals surface area contributed by atoms with Crippen LogP contribution in [0.3, 0.4) is 0 Å². The number of nitrogens with one attached hydrogen (secondary N) is 1. The number of aliphatic hydroxyl groups is 1. The maximum Gasteiger partial charge on any atom is 0.275 e. The Balaban J connectivity index is 1.60. The van der Waals surface area contributed by atoms with Crippen molar-refractivity contribution in [2.45, 2.75) is 57.4 Å². The van der Waals surface area contributed by atoms with Gasteiger partial charge in [0.05, 0.1) is 16.4 Å². The van der Waals surface area contributed by atoms with E-state index in [9.17, 15) is 14.7 Å². The van der Waals surface area contributed by atoms with Gasteiger partial charge >= 0.3 is 0 Å². The van der Waals surface area contributed by atoms with Gasteiger partial charge in [0.1, 0.15) is 12.6 Å². The highest BCUT2D eigenvalue weighted by Gasteiger charge is 2.39. The number of nitrogens with zero attached hydrogens (tertiary/aromatic N) is 2. The number of benzene rings is 1. The van der Waals surface area contributed by atoms with Crippen molar-refractivity contribution < 1.29 is 14.6 Å². The van der Waals surface area contributed by atoms with Crippen molar-refractivity contribution in [3.8, 4) is 5.88 Å². The largest absolute Gasteiger partial charge is 0.473 e. The lowest BCUT2D eigenvalue weighted by Crippen LogP contribution is -2.54. The van der Waals surface area contributed by atoms with Gasteiger partial charge in [-0.25, -0.2) is 4.68 Å². The molecule has 2 aromatic rings. The normalized spacial score (nSPS) is 29.3. The number of carbonyl (C=O) groups is 1. The van der Waals surface area contributed by atoms with E-state index in [1.807, 2.05) is 6.07 Å².